The zero-order chi connectivity index (χ0) is 16.8. The van der Waals surface area contributed by atoms with E-state index in [1.807, 2.05) is 46.8 Å². The molecule has 0 radical (unpaired) electrons. The zero-order valence-electron chi connectivity index (χ0n) is 14.7. The Bertz CT molecular complexity index is 484. The lowest BCUT2D eigenvalue weighted by molar-refractivity contribution is 0.591. The summed E-state index contributed by atoms with van der Waals surface area (Å²) in [5.74, 6) is 0.886. The molecule has 1 nitrogen and oxygen atoms in total. The molecule has 2 rings (SSSR count). The molecule has 0 aliphatic heterocycles. The summed E-state index contributed by atoms with van der Waals surface area (Å²) in [6, 6.07) is 0. The lowest BCUT2D eigenvalue weighted by Gasteiger charge is -2.28. The minimum Gasteiger partial charge on any atom is -0.358 e. The van der Waals surface area contributed by atoms with Crippen LogP contribution in [-0.2, 0) is 0 Å². The van der Waals surface area contributed by atoms with Crippen LogP contribution >= 0.6 is 0 Å². The minimum atomic E-state index is 0.415. The van der Waals surface area contributed by atoms with Crippen LogP contribution in [-0.4, -0.2) is 0 Å². The van der Waals surface area contributed by atoms with Crippen LogP contribution in [0.2, 0.25) is 0 Å². The van der Waals surface area contributed by atoms with Gasteiger partial charge in [-0.05, 0) is 25.2 Å². The number of rotatable bonds is 4. The molecule has 120 valence electrons. The molecule has 1 heteroatoms. The van der Waals surface area contributed by atoms with E-state index in [-0.39, 0.29) is 0 Å². The van der Waals surface area contributed by atoms with E-state index >= 15 is 0 Å². The Kier molecular flexibility index (Phi) is 11.5. The fourth-order valence-corrected chi connectivity index (χ4v) is 2.25. The maximum Gasteiger partial charge on any atom is 0.0378 e. The van der Waals surface area contributed by atoms with Crippen LogP contribution in [0.3, 0.4) is 0 Å². The molecule has 0 spiro atoms. The lowest BCUT2D eigenvalue weighted by atomic mass is 9.82. The van der Waals surface area contributed by atoms with Gasteiger partial charge < -0.3 is 5.32 Å². The second-order valence-corrected chi connectivity index (χ2v) is 4.36. The van der Waals surface area contributed by atoms with Crippen LogP contribution in [0.1, 0.15) is 34.6 Å². The van der Waals surface area contributed by atoms with E-state index in [9.17, 15) is 0 Å². The van der Waals surface area contributed by atoms with Gasteiger partial charge in [-0.1, -0.05) is 82.9 Å². The third-order valence-corrected chi connectivity index (χ3v) is 3.08. The molecule has 0 aromatic rings. The van der Waals surface area contributed by atoms with Crippen molar-refractivity contribution in [3.63, 3.8) is 0 Å². The van der Waals surface area contributed by atoms with Gasteiger partial charge in [0.1, 0.15) is 0 Å². The summed E-state index contributed by atoms with van der Waals surface area (Å²) < 4.78 is 0. The quantitative estimate of drug-likeness (QED) is 0.619. The molecular weight excluding hydrogens is 266 g/mol. The van der Waals surface area contributed by atoms with Crippen LogP contribution in [0.4, 0.5) is 0 Å². The smallest absolute Gasteiger partial charge is 0.0378 e. The van der Waals surface area contributed by atoms with Gasteiger partial charge in [0.2, 0.25) is 0 Å². The highest BCUT2D eigenvalue weighted by atomic mass is 14.9. The first kappa shape index (κ1) is 20.0. The maximum absolute atomic E-state index is 3.75. The highest BCUT2D eigenvalue weighted by Crippen LogP contribution is 2.30. The molecule has 22 heavy (non-hydrogen) atoms. The highest BCUT2D eigenvalue weighted by Gasteiger charge is 2.22. The van der Waals surface area contributed by atoms with Crippen molar-refractivity contribution in [3.05, 3.63) is 84.8 Å². The number of hydrogen-bond acceptors (Lipinski definition) is 1. The summed E-state index contributed by atoms with van der Waals surface area (Å²) in [5.41, 5.74) is 2.30. The molecule has 2 aliphatic carbocycles. The highest BCUT2D eigenvalue weighted by molar-refractivity contribution is 5.36. The number of allylic oxidation sites excluding steroid dienone is 11. The van der Waals surface area contributed by atoms with Crippen molar-refractivity contribution < 1.29 is 0 Å². The van der Waals surface area contributed by atoms with E-state index in [2.05, 4.69) is 60.5 Å². The molecule has 0 fully saturated rings. The molecule has 0 bridgehead atoms. The predicted octanol–water partition coefficient (Wildman–Crippen LogP) is 6.09. The number of hydrogen-bond donors (Lipinski definition) is 1. The van der Waals surface area contributed by atoms with Crippen LogP contribution in [0.5, 0.6) is 0 Å². The predicted molar refractivity (Wildman–Crippen MR) is 101 cm³/mol. The molecule has 0 heterocycles. The van der Waals surface area contributed by atoms with E-state index in [0.717, 1.165) is 5.70 Å². The molecule has 1 N–H and O–H groups in total. The van der Waals surface area contributed by atoms with E-state index in [1.54, 1.807) is 6.08 Å². The monoisotopic (exact) mass is 297 g/mol. The average Bonchev–Trinajstić information content (AvgIpc) is 2.59. The summed E-state index contributed by atoms with van der Waals surface area (Å²) in [4.78, 5) is 0. The first-order valence-corrected chi connectivity index (χ1v) is 8.31. The molecular formula is C21H31N. The largest absolute Gasteiger partial charge is 0.358 e. The standard InChI is InChI=1S/C17H19N.2C2H6/c1-3-8-15(9-4-2)18-17-13-7-11-14-10-5-6-12-16(14)17;2*1-2/h3-14,16,18H,1H2,2H3;2*1-2H3/b9-4-,15-8+;;. The Balaban J connectivity index is 0.00000102. The summed E-state index contributed by atoms with van der Waals surface area (Å²) >= 11 is 0. The van der Waals surface area contributed by atoms with Gasteiger partial charge in [-0.3, -0.25) is 0 Å². The van der Waals surface area contributed by atoms with Gasteiger partial charge in [-0.15, -0.1) is 0 Å². The SMILES string of the molecule is C=C/C=C(\C=C/C)NC1=CC=CC2C=CC=CC12.CC.CC. The van der Waals surface area contributed by atoms with Gasteiger partial charge in [0.25, 0.3) is 0 Å². The van der Waals surface area contributed by atoms with Crippen molar-refractivity contribution in [2.24, 2.45) is 11.8 Å². The normalized spacial score (nSPS) is 21.9. The molecule has 0 saturated heterocycles. The minimum absolute atomic E-state index is 0.415. The van der Waals surface area contributed by atoms with E-state index in [0.29, 0.717) is 11.8 Å². The van der Waals surface area contributed by atoms with Crippen LogP contribution in [0, 0.1) is 11.8 Å². The van der Waals surface area contributed by atoms with Gasteiger partial charge in [-0.25, -0.2) is 0 Å². The second kappa shape index (κ2) is 12.7. The van der Waals surface area contributed by atoms with Crippen molar-refractivity contribution in [1.29, 1.82) is 0 Å². The third kappa shape index (κ3) is 6.17. The van der Waals surface area contributed by atoms with Gasteiger partial charge in [-0.2, -0.15) is 0 Å². The number of fused-ring (bicyclic) bond motifs is 1. The molecule has 0 amide bonds. The molecule has 2 atom stereocenters. The maximum atomic E-state index is 3.75. The molecule has 2 aliphatic rings. The first-order valence-electron chi connectivity index (χ1n) is 8.31. The Morgan fingerprint density at radius 2 is 1.68 bits per heavy atom. The van der Waals surface area contributed by atoms with E-state index < -0.39 is 0 Å². The van der Waals surface area contributed by atoms with Gasteiger partial charge >= 0.3 is 0 Å². The van der Waals surface area contributed by atoms with Crippen LogP contribution in [0.25, 0.3) is 0 Å². The molecule has 0 aromatic carbocycles. The van der Waals surface area contributed by atoms with E-state index in [1.165, 1.54) is 5.70 Å². The third-order valence-electron chi connectivity index (χ3n) is 3.08. The van der Waals surface area contributed by atoms with Gasteiger partial charge in [0, 0.05) is 23.2 Å². The fourth-order valence-electron chi connectivity index (χ4n) is 2.25. The summed E-state index contributed by atoms with van der Waals surface area (Å²) in [6.07, 6.45) is 23.1. The van der Waals surface area contributed by atoms with Gasteiger partial charge in [0.15, 0.2) is 0 Å². The molecule has 2 unspecified atom stereocenters. The van der Waals surface area contributed by atoms with Crippen molar-refractivity contribution in [2.45, 2.75) is 34.6 Å². The Labute approximate surface area is 137 Å². The Hall–Kier alpha value is -2.02. The molecule has 0 aromatic heterocycles. The summed E-state index contributed by atoms with van der Waals surface area (Å²) in [7, 11) is 0. The van der Waals surface area contributed by atoms with Crippen molar-refractivity contribution in [3.8, 4) is 0 Å². The lowest BCUT2D eigenvalue weighted by Crippen LogP contribution is -2.25. The van der Waals surface area contributed by atoms with E-state index in [4.69, 9.17) is 0 Å². The topological polar surface area (TPSA) is 12.0 Å². The van der Waals surface area contributed by atoms with Crippen LogP contribution in [0.15, 0.2) is 84.8 Å². The van der Waals surface area contributed by atoms with Gasteiger partial charge in [0.05, 0.1) is 0 Å². The summed E-state index contributed by atoms with van der Waals surface area (Å²) in [5, 5.41) is 3.48. The molecule has 0 saturated carbocycles. The Morgan fingerprint density at radius 3 is 2.32 bits per heavy atom. The zero-order valence-corrected chi connectivity index (χ0v) is 14.7. The summed E-state index contributed by atoms with van der Waals surface area (Å²) in [6.45, 7) is 13.8. The second-order valence-electron chi connectivity index (χ2n) is 4.36. The number of nitrogens with one attached hydrogen (secondary N) is 1. The van der Waals surface area contributed by atoms with Crippen LogP contribution < -0.4 is 5.32 Å². The van der Waals surface area contributed by atoms with Crippen molar-refractivity contribution >= 4 is 0 Å². The van der Waals surface area contributed by atoms with Crippen molar-refractivity contribution in [1.82, 2.24) is 5.32 Å². The first-order chi connectivity index (χ1) is 10.8. The fraction of sp³-hybridized carbons (Fsp3) is 0.333. The average molecular weight is 297 g/mol. The Morgan fingerprint density at radius 1 is 1.05 bits per heavy atom. The van der Waals surface area contributed by atoms with Crippen molar-refractivity contribution in [2.75, 3.05) is 0 Å².